The molecule has 0 spiro atoms. The van der Waals surface area contributed by atoms with Gasteiger partial charge >= 0.3 is 0 Å². The number of hydrogen-bond acceptors (Lipinski definition) is 5. The first-order valence-electron chi connectivity index (χ1n) is 10.8. The maximum Gasteiger partial charge on any atom is 0.119 e. The Labute approximate surface area is 175 Å². The predicted molar refractivity (Wildman–Crippen MR) is 117 cm³/mol. The van der Waals surface area contributed by atoms with E-state index in [9.17, 15) is 5.11 Å². The quantitative estimate of drug-likeness (QED) is 0.700. The summed E-state index contributed by atoms with van der Waals surface area (Å²) in [7, 11) is 2.12. The second-order valence-corrected chi connectivity index (χ2v) is 8.30. The van der Waals surface area contributed by atoms with Crippen LogP contribution in [0.15, 0.2) is 42.7 Å². The Morgan fingerprint density at radius 3 is 2.69 bits per heavy atom. The number of aliphatic hydroxyl groups excluding tert-OH is 1. The van der Waals surface area contributed by atoms with Crippen LogP contribution < -0.4 is 4.74 Å². The molecule has 5 heteroatoms. The molecule has 3 rings (SSSR count). The summed E-state index contributed by atoms with van der Waals surface area (Å²) in [6, 6.07) is 10.3. The lowest BCUT2D eigenvalue weighted by Crippen LogP contribution is -2.36. The third-order valence-electron chi connectivity index (χ3n) is 5.54. The fourth-order valence-electron chi connectivity index (χ4n) is 3.93. The van der Waals surface area contributed by atoms with Crippen molar-refractivity contribution in [2.45, 2.75) is 51.8 Å². The molecule has 1 unspecified atom stereocenters. The highest BCUT2D eigenvalue weighted by Crippen LogP contribution is 2.17. The second kappa shape index (κ2) is 11.3. The van der Waals surface area contributed by atoms with E-state index in [1.165, 1.54) is 42.4 Å². The summed E-state index contributed by atoms with van der Waals surface area (Å²) >= 11 is 0. The van der Waals surface area contributed by atoms with Gasteiger partial charge in [0.15, 0.2) is 0 Å². The lowest BCUT2D eigenvalue weighted by atomic mass is 10.1. The van der Waals surface area contributed by atoms with Crippen LogP contribution in [0.4, 0.5) is 0 Å². The van der Waals surface area contributed by atoms with E-state index in [0.717, 1.165) is 31.9 Å². The Hall–Kier alpha value is -1.95. The highest BCUT2D eigenvalue weighted by molar-refractivity contribution is 5.29. The minimum absolute atomic E-state index is 0.339. The van der Waals surface area contributed by atoms with Crippen molar-refractivity contribution in [3.63, 3.8) is 0 Å². The average molecular weight is 398 g/mol. The number of rotatable bonds is 9. The number of aromatic nitrogens is 1. The summed E-state index contributed by atoms with van der Waals surface area (Å²) in [5, 5.41) is 10.4. The smallest absolute Gasteiger partial charge is 0.119 e. The number of likely N-dealkylation sites (tertiary alicyclic amines) is 1. The Bertz CT molecular complexity index is 744. The molecule has 1 aromatic heterocycles. The van der Waals surface area contributed by atoms with E-state index < -0.39 is 6.10 Å². The normalized spacial score (nSPS) is 16.6. The van der Waals surface area contributed by atoms with Crippen LogP contribution in [0.1, 0.15) is 42.4 Å². The Balaban J connectivity index is 1.46. The molecule has 0 saturated carbocycles. The van der Waals surface area contributed by atoms with Gasteiger partial charge in [-0.15, -0.1) is 0 Å². The lowest BCUT2D eigenvalue weighted by Gasteiger charge is -2.23. The van der Waals surface area contributed by atoms with Crippen LogP contribution in [0.3, 0.4) is 0 Å². The van der Waals surface area contributed by atoms with Crippen molar-refractivity contribution in [1.82, 2.24) is 14.8 Å². The van der Waals surface area contributed by atoms with Crippen LogP contribution >= 0.6 is 0 Å². The fraction of sp³-hybridized carbons (Fsp3) is 0.542. The van der Waals surface area contributed by atoms with Crippen molar-refractivity contribution < 1.29 is 9.84 Å². The average Bonchev–Trinajstić information content (AvgIpc) is 2.97. The SMILES string of the molecule is Cc1cnccc1CN(C)Cc1cccc(OCC(O)CN2CCCCCC2)c1. The minimum atomic E-state index is -0.450. The maximum absolute atomic E-state index is 10.4. The third kappa shape index (κ3) is 7.42. The van der Waals surface area contributed by atoms with Gasteiger partial charge in [0.1, 0.15) is 18.5 Å². The molecule has 1 saturated heterocycles. The van der Waals surface area contributed by atoms with E-state index in [1.54, 1.807) is 0 Å². The van der Waals surface area contributed by atoms with E-state index in [-0.39, 0.29) is 0 Å². The van der Waals surface area contributed by atoms with E-state index >= 15 is 0 Å². The van der Waals surface area contributed by atoms with Crippen LogP contribution in [0.5, 0.6) is 5.75 Å². The van der Waals surface area contributed by atoms with Crippen molar-refractivity contribution in [3.8, 4) is 5.75 Å². The summed E-state index contributed by atoms with van der Waals surface area (Å²) in [5.74, 6) is 0.825. The van der Waals surface area contributed by atoms with Gasteiger partial charge in [0.2, 0.25) is 0 Å². The molecule has 1 aliphatic heterocycles. The van der Waals surface area contributed by atoms with Gasteiger partial charge in [-0.3, -0.25) is 9.88 Å². The predicted octanol–water partition coefficient (Wildman–Crippen LogP) is 3.64. The molecule has 1 N–H and O–H groups in total. The molecule has 0 bridgehead atoms. The molecule has 1 fully saturated rings. The minimum Gasteiger partial charge on any atom is -0.491 e. The van der Waals surface area contributed by atoms with E-state index in [0.29, 0.717) is 13.2 Å². The van der Waals surface area contributed by atoms with Crippen molar-refractivity contribution in [3.05, 3.63) is 59.4 Å². The van der Waals surface area contributed by atoms with Crippen LogP contribution in [0.2, 0.25) is 0 Å². The number of ether oxygens (including phenoxy) is 1. The first-order chi connectivity index (χ1) is 14.1. The summed E-state index contributed by atoms with van der Waals surface area (Å²) in [6.45, 7) is 7.05. The van der Waals surface area contributed by atoms with Gasteiger partial charge in [0.25, 0.3) is 0 Å². The zero-order valence-corrected chi connectivity index (χ0v) is 17.9. The van der Waals surface area contributed by atoms with Crippen molar-refractivity contribution in [2.75, 3.05) is 33.3 Å². The molecule has 158 valence electrons. The number of pyridine rings is 1. The monoisotopic (exact) mass is 397 g/mol. The number of hydrogen-bond donors (Lipinski definition) is 1. The zero-order chi connectivity index (χ0) is 20.5. The van der Waals surface area contributed by atoms with Crippen molar-refractivity contribution in [1.29, 1.82) is 0 Å². The number of nitrogens with zero attached hydrogens (tertiary/aromatic N) is 3. The number of benzene rings is 1. The third-order valence-corrected chi connectivity index (χ3v) is 5.54. The molecule has 1 aliphatic rings. The fourth-order valence-corrected chi connectivity index (χ4v) is 3.93. The van der Waals surface area contributed by atoms with Gasteiger partial charge in [-0.05, 0) is 74.8 Å². The van der Waals surface area contributed by atoms with Crippen molar-refractivity contribution >= 4 is 0 Å². The van der Waals surface area contributed by atoms with Crippen LogP contribution in [-0.4, -0.2) is 59.3 Å². The van der Waals surface area contributed by atoms with Gasteiger partial charge in [0, 0.05) is 32.0 Å². The van der Waals surface area contributed by atoms with Crippen LogP contribution in [-0.2, 0) is 13.1 Å². The molecule has 1 atom stereocenters. The lowest BCUT2D eigenvalue weighted by molar-refractivity contribution is 0.0693. The van der Waals surface area contributed by atoms with Gasteiger partial charge in [0.05, 0.1) is 0 Å². The van der Waals surface area contributed by atoms with Gasteiger partial charge in [-0.1, -0.05) is 25.0 Å². The molecule has 1 aromatic carbocycles. The van der Waals surface area contributed by atoms with Crippen LogP contribution in [0, 0.1) is 6.92 Å². The molecule has 5 nitrogen and oxygen atoms in total. The van der Waals surface area contributed by atoms with E-state index in [2.05, 4.69) is 47.0 Å². The molecule has 0 radical (unpaired) electrons. The van der Waals surface area contributed by atoms with Gasteiger partial charge in [-0.2, -0.15) is 0 Å². The molecule has 2 aromatic rings. The summed E-state index contributed by atoms with van der Waals surface area (Å²) in [5.41, 5.74) is 3.72. The Kier molecular flexibility index (Phi) is 8.47. The number of aryl methyl sites for hydroxylation is 1. The van der Waals surface area contributed by atoms with E-state index in [4.69, 9.17) is 4.74 Å². The number of β-amino-alcohol motifs (C(OH)–C–C–N with tert-alkyl or cyclic N) is 1. The van der Waals surface area contributed by atoms with Crippen LogP contribution in [0.25, 0.3) is 0 Å². The molecule has 0 aliphatic carbocycles. The second-order valence-electron chi connectivity index (χ2n) is 8.30. The molecule has 29 heavy (non-hydrogen) atoms. The van der Waals surface area contributed by atoms with Crippen molar-refractivity contribution in [2.24, 2.45) is 0 Å². The topological polar surface area (TPSA) is 48.8 Å². The molecule has 2 heterocycles. The largest absolute Gasteiger partial charge is 0.491 e. The highest BCUT2D eigenvalue weighted by Gasteiger charge is 2.14. The number of aliphatic hydroxyl groups is 1. The highest BCUT2D eigenvalue weighted by atomic mass is 16.5. The molecule has 0 amide bonds. The Morgan fingerprint density at radius 2 is 1.93 bits per heavy atom. The maximum atomic E-state index is 10.4. The first kappa shape index (κ1) is 21.8. The standard InChI is InChI=1S/C24H35N3O2/c1-20-15-25-11-10-22(20)17-26(2)16-21-8-7-9-24(14-21)29-19-23(28)18-27-12-5-3-4-6-13-27/h7-11,14-15,23,28H,3-6,12-13,16-19H2,1-2H3. The first-order valence-corrected chi connectivity index (χ1v) is 10.8. The van der Waals surface area contributed by atoms with E-state index in [1.807, 2.05) is 24.5 Å². The summed E-state index contributed by atoms with van der Waals surface area (Å²) in [6.07, 6.45) is 8.41. The molecular formula is C24H35N3O2. The van der Waals surface area contributed by atoms with Gasteiger partial charge in [-0.25, -0.2) is 0 Å². The summed E-state index contributed by atoms with van der Waals surface area (Å²) < 4.78 is 5.90. The van der Waals surface area contributed by atoms with Gasteiger partial charge < -0.3 is 14.7 Å². The zero-order valence-electron chi connectivity index (χ0n) is 17.9. The Morgan fingerprint density at radius 1 is 1.14 bits per heavy atom. The summed E-state index contributed by atoms with van der Waals surface area (Å²) in [4.78, 5) is 8.82. The molecular weight excluding hydrogens is 362 g/mol.